The van der Waals surface area contributed by atoms with E-state index in [1.165, 1.54) is 16.7 Å². The van der Waals surface area contributed by atoms with Gasteiger partial charge in [-0.15, -0.1) is 0 Å². The van der Waals surface area contributed by atoms with Crippen LogP contribution in [0.15, 0.2) is 18.2 Å². The van der Waals surface area contributed by atoms with Crippen LogP contribution in [0.4, 0.5) is 0 Å². The summed E-state index contributed by atoms with van der Waals surface area (Å²) in [5, 5.41) is 0. The van der Waals surface area contributed by atoms with Crippen LogP contribution in [-0.2, 0) is 11.3 Å². The predicted molar refractivity (Wildman–Crippen MR) is 53.7 cm³/mol. The van der Waals surface area contributed by atoms with Crippen LogP contribution in [0.3, 0.4) is 0 Å². The van der Waals surface area contributed by atoms with Gasteiger partial charge in [-0.05, 0) is 29.5 Å². The Morgan fingerprint density at radius 1 is 1.38 bits per heavy atom. The first kappa shape index (κ1) is 8.76. The molecule has 0 bridgehead atoms. The van der Waals surface area contributed by atoms with Gasteiger partial charge in [0.05, 0.1) is 12.7 Å². The van der Waals surface area contributed by atoms with Crippen molar-refractivity contribution in [2.45, 2.75) is 39.4 Å². The Kier molecular flexibility index (Phi) is 2.12. The van der Waals surface area contributed by atoms with Gasteiger partial charge in [0, 0.05) is 0 Å². The van der Waals surface area contributed by atoms with E-state index in [2.05, 4.69) is 39.0 Å². The minimum Gasteiger partial charge on any atom is -0.369 e. The Balaban J connectivity index is 2.40. The molecule has 1 aromatic carbocycles. The summed E-state index contributed by atoms with van der Waals surface area (Å²) >= 11 is 0. The Bertz CT molecular complexity index is 315. The Morgan fingerprint density at radius 3 is 2.85 bits per heavy atom. The van der Waals surface area contributed by atoms with E-state index < -0.39 is 0 Å². The largest absolute Gasteiger partial charge is 0.369 e. The van der Waals surface area contributed by atoms with Gasteiger partial charge in [-0.25, -0.2) is 0 Å². The lowest BCUT2D eigenvalue weighted by Gasteiger charge is -2.07. The van der Waals surface area contributed by atoms with Crippen LogP contribution in [0.25, 0.3) is 0 Å². The maximum absolute atomic E-state index is 5.56. The molecule has 0 saturated heterocycles. The fourth-order valence-electron chi connectivity index (χ4n) is 1.81. The van der Waals surface area contributed by atoms with Gasteiger partial charge in [-0.2, -0.15) is 0 Å². The molecule has 0 radical (unpaired) electrons. The van der Waals surface area contributed by atoms with Crippen LogP contribution in [0.5, 0.6) is 0 Å². The van der Waals surface area contributed by atoms with Gasteiger partial charge in [0.1, 0.15) is 0 Å². The highest BCUT2D eigenvalue weighted by molar-refractivity contribution is 5.36. The van der Waals surface area contributed by atoms with E-state index >= 15 is 0 Å². The van der Waals surface area contributed by atoms with E-state index in [0.717, 1.165) is 6.61 Å². The Labute approximate surface area is 79.7 Å². The first-order valence-electron chi connectivity index (χ1n) is 4.93. The van der Waals surface area contributed by atoms with Crippen molar-refractivity contribution in [1.82, 2.24) is 0 Å². The third-order valence-corrected chi connectivity index (χ3v) is 2.76. The van der Waals surface area contributed by atoms with E-state index in [0.29, 0.717) is 5.92 Å². The number of fused-ring (bicyclic) bond motifs is 1. The molecule has 0 amide bonds. The summed E-state index contributed by atoms with van der Waals surface area (Å²) in [6, 6.07) is 6.71. The zero-order chi connectivity index (χ0) is 9.42. The highest BCUT2D eigenvalue weighted by Gasteiger charge is 2.19. The SMILES string of the molecule is CC(C)c1ccc2c(c1)COC2C. The molecule has 1 aliphatic heterocycles. The normalized spacial score (nSPS) is 20.8. The van der Waals surface area contributed by atoms with E-state index in [9.17, 15) is 0 Å². The zero-order valence-electron chi connectivity index (χ0n) is 8.50. The topological polar surface area (TPSA) is 9.23 Å². The molecule has 1 heterocycles. The molecule has 13 heavy (non-hydrogen) atoms. The quantitative estimate of drug-likeness (QED) is 0.637. The van der Waals surface area contributed by atoms with Gasteiger partial charge in [-0.1, -0.05) is 32.0 Å². The van der Waals surface area contributed by atoms with Gasteiger partial charge in [0.2, 0.25) is 0 Å². The number of benzene rings is 1. The molecule has 1 aromatic rings. The van der Waals surface area contributed by atoms with Gasteiger partial charge < -0.3 is 4.74 Å². The Morgan fingerprint density at radius 2 is 2.15 bits per heavy atom. The molecule has 2 rings (SSSR count). The second kappa shape index (κ2) is 3.15. The van der Waals surface area contributed by atoms with Gasteiger partial charge >= 0.3 is 0 Å². The minimum atomic E-state index is 0.288. The number of hydrogen-bond acceptors (Lipinski definition) is 1. The maximum atomic E-state index is 5.56. The average molecular weight is 176 g/mol. The van der Waals surface area contributed by atoms with Crippen LogP contribution >= 0.6 is 0 Å². The van der Waals surface area contributed by atoms with Crippen molar-refractivity contribution in [3.8, 4) is 0 Å². The number of rotatable bonds is 1. The number of ether oxygens (including phenoxy) is 1. The van der Waals surface area contributed by atoms with Crippen LogP contribution in [0.1, 0.15) is 49.5 Å². The summed E-state index contributed by atoms with van der Waals surface area (Å²) < 4.78 is 5.56. The smallest absolute Gasteiger partial charge is 0.0804 e. The average Bonchev–Trinajstić information content (AvgIpc) is 2.47. The minimum absolute atomic E-state index is 0.288. The highest BCUT2D eigenvalue weighted by Crippen LogP contribution is 2.31. The number of hydrogen-bond donors (Lipinski definition) is 0. The maximum Gasteiger partial charge on any atom is 0.0804 e. The van der Waals surface area contributed by atoms with E-state index in [4.69, 9.17) is 4.74 Å². The highest BCUT2D eigenvalue weighted by atomic mass is 16.5. The molecule has 0 aliphatic carbocycles. The van der Waals surface area contributed by atoms with Crippen LogP contribution in [-0.4, -0.2) is 0 Å². The van der Waals surface area contributed by atoms with Gasteiger partial charge in [-0.3, -0.25) is 0 Å². The third kappa shape index (κ3) is 1.49. The van der Waals surface area contributed by atoms with E-state index in [1.807, 2.05) is 0 Å². The second-order valence-electron chi connectivity index (χ2n) is 4.07. The molecular formula is C12H16O. The summed E-state index contributed by atoms with van der Waals surface area (Å²) in [6.07, 6.45) is 0.288. The molecule has 1 atom stereocenters. The van der Waals surface area contributed by atoms with E-state index in [1.54, 1.807) is 0 Å². The molecule has 0 spiro atoms. The summed E-state index contributed by atoms with van der Waals surface area (Å²) in [5.41, 5.74) is 4.15. The van der Waals surface area contributed by atoms with Crippen molar-refractivity contribution in [1.29, 1.82) is 0 Å². The predicted octanol–water partition coefficient (Wildman–Crippen LogP) is 3.40. The molecule has 1 nitrogen and oxygen atoms in total. The lowest BCUT2D eigenvalue weighted by molar-refractivity contribution is 0.0796. The first-order chi connectivity index (χ1) is 6.18. The molecular weight excluding hydrogens is 160 g/mol. The van der Waals surface area contributed by atoms with E-state index in [-0.39, 0.29) is 6.10 Å². The third-order valence-electron chi connectivity index (χ3n) is 2.76. The van der Waals surface area contributed by atoms with Crippen molar-refractivity contribution in [2.24, 2.45) is 0 Å². The molecule has 0 N–H and O–H groups in total. The molecule has 1 aliphatic rings. The van der Waals surface area contributed by atoms with Crippen LogP contribution < -0.4 is 0 Å². The summed E-state index contributed by atoms with van der Waals surface area (Å²) in [6.45, 7) is 7.35. The van der Waals surface area contributed by atoms with Gasteiger partial charge in [0.25, 0.3) is 0 Å². The lowest BCUT2D eigenvalue weighted by atomic mass is 9.97. The van der Waals surface area contributed by atoms with Gasteiger partial charge in [0.15, 0.2) is 0 Å². The second-order valence-corrected chi connectivity index (χ2v) is 4.07. The van der Waals surface area contributed by atoms with Crippen molar-refractivity contribution in [3.05, 3.63) is 34.9 Å². The molecule has 1 heteroatoms. The van der Waals surface area contributed by atoms with Crippen molar-refractivity contribution < 1.29 is 4.74 Å². The molecule has 1 unspecified atom stereocenters. The summed E-state index contributed by atoms with van der Waals surface area (Å²) in [4.78, 5) is 0. The molecule has 0 aromatic heterocycles. The molecule has 0 fully saturated rings. The molecule has 70 valence electrons. The van der Waals surface area contributed by atoms with Crippen molar-refractivity contribution >= 4 is 0 Å². The van der Waals surface area contributed by atoms with Crippen LogP contribution in [0, 0.1) is 0 Å². The van der Waals surface area contributed by atoms with Crippen molar-refractivity contribution in [2.75, 3.05) is 0 Å². The zero-order valence-corrected chi connectivity index (χ0v) is 8.50. The lowest BCUT2D eigenvalue weighted by Crippen LogP contribution is -1.91. The monoisotopic (exact) mass is 176 g/mol. The van der Waals surface area contributed by atoms with Crippen molar-refractivity contribution in [3.63, 3.8) is 0 Å². The fourth-order valence-corrected chi connectivity index (χ4v) is 1.81. The molecule has 0 saturated carbocycles. The Hall–Kier alpha value is -0.820. The summed E-state index contributed by atoms with van der Waals surface area (Å²) in [5.74, 6) is 0.612. The standard InChI is InChI=1S/C12H16O/c1-8(2)10-4-5-12-9(3)13-7-11(12)6-10/h4-6,8-9H,7H2,1-3H3. The van der Waals surface area contributed by atoms with Crippen LogP contribution in [0.2, 0.25) is 0 Å². The fraction of sp³-hybridized carbons (Fsp3) is 0.500. The first-order valence-corrected chi connectivity index (χ1v) is 4.93. The summed E-state index contributed by atoms with van der Waals surface area (Å²) in [7, 11) is 0.